The summed E-state index contributed by atoms with van der Waals surface area (Å²) in [5, 5.41) is 0. The molecule has 0 saturated carbocycles. The minimum Gasteiger partial charge on any atom is -0.495 e. The van der Waals surface area contributed by atoms with E-state index in [4.69, 9.17) is 4.74 Å². The zero-order valence-electron chi connectivity index (χ0n) is 14.8. The smallest absolute Gasteiger partial charge is 0.265 e. The van der Waals surface area contributed by atoms with E-state index >= 15 is 0 Å². The van der Waals surface area contributed by atoms with Crippen molar-refractivity contribution in [1.29, 1.82) is 0 Å². The molecule has 0 aliphatic rings. The van der Waals surface area contributed by atoms with Crippen molar-refractivity contribution in [1.82, 2.24) is 9.38 Å². The lowest BCUT2D eigenvalue weighted by Crippen LogP contribution is -2.14. The van der Waals surface area contributed by atoms with Crippen molar-refractivity contribution >= 4 is 21.4 Å². The van der Waals surface area contributed by atoms with Crippen LogP contribution in [0.4, 0.5) is 10.1 Å². The van der Waals surface area contributed by atoms with Crippen LogP contribution in [0, 0.1) is 5.82 Å². The van der Waals surface area contributed by atoms with E-state index in [-0.39, 0.29) is 10.6 Å². The van der Waals surface area contributed by atoms with Gasteiger partial charge in [-0.3, -0.25) is 4.72 Å². The summed E-state index contributed by atoms with van der Waals surface area (Å²) >= 11 is 0. The van der Waals surface area contributed by atoms with Crippen LogP contribution in [0.25, 0.3) is 16.9 Å². The fraction of sp³-hybridized carbons (Fsp3) is 0.0500. The number of halogens is 1. The summed E-state index contributed by atoms with van der Waals surface area (Å²) in [6.07, 6.45) is 3.74. The van der Waals surface area contributed by atoms with Gasteiger partial charge < -0.3 is 9.14 Å². The van der Waals surface area contributed by atoms with Gasteiger partial charge in [-0.25, -0.2) is 17.8 Å². The first kappa shape index (κ1) is 18.0. The maximum Gasteiger partial charge on any atom is 0.265 e. The molecule has 0 spiro atoms. The molecule has 0 unspecified atom stereocenters. The van der Waals surface area contributed by atoms with Crippen molar-refractivity contribution < 1.29 is 17.5 Å². The second kappa shape index (κ2) is 6.97. The van der Waals surface area contributed by atoms with Gasteiger partial charge in [0.25, 0.3) is 10.0 Å². The molecule has 8 heteroatoms. The van der Waals surface area contributed by atoms with Crippen LogP contribution in [0.1, 0.15) is 0 Å². The number of benzene rings is 2. The molecule has 0 amide bonds. The molecular weight excluding hydrogens is 381 g/mol. The number of rotatable bonds is 5. The Morgan fingerprint density at radius 3 is 2.71 bits per heavy atom. The van der Waals surface area contributed by atoms with E-state index in [2.05, 4.69) is 9.71 Å². The average Bonchev–Trinajstić information content (AvgIpc) is 3.12. The van der Waals surface area contributed by atoms with Crippen LogP contribution in [0.2, 0.25) is 0 Å². The van der Waals surface area contributed by atoms with E-state index in [1.807, 2.05) is 41.1 Å². The highest BCUT2D eigenvalue weighted by molar-refractivity contribution is 7.92. The molecule has 142 valence electrons. The Bertz CT molecular complexity index is 1240. The van der Waals surface area contributed by atoms with Crippen molar-refractivity contribution in [2.24, 2.45) is 0 Å². The number of hydrogen-bond acceptors (Lipinski definition) is 4. The van der Waals surface area contributed by atoms with E-state index in [9.17, 15) is 12.8 Å². The molecule has 2 aromatic heterocycles. The van der Waals surface area contributed by atoms with E-state index in [1.54, 1.807) is 18.2 Å². The summed E-state index contributed by atoms with van der Waals surface area (Å²) in [5.74, 6) is -0.606. The molecule has 0 aliphatic heterocycles. The molecule has 0 fully saturated rings. The fourth-order valence-corrected chi connectivity index (χ4v) is 4.12. The number of ether oxygens (including phenoxy) is 1. The molecule has 2 aromatic carbocycles. The molecule has 6 nitrogen and oxygen atoms in total. The van der Waals surface area contributed by atoms with Crippen molar-refractivity contribution in [3.05, 3.63) is 78.9 Å². The van der Waals surface area contributed by atoms with E-state index in [1.165, 1.54) is 13.2 Å². The Hall–Kier alpha value is -3.39. The first-order chi connectivity index (χ1) is 13.5. The number of fused-ring (bicyclic) bond motifs is 1. The lowest BCUT2D eigenvalue weighted by molar-refractivity contribution is 0.401. The number of hydrogen-bond donors (Lipinski definition) is 1. The standard InChI is InChI=1S/C20H16FN3O3S/c1-27-18-9-8-15(21)12-19(18)28(25,26)23-16-6-4-5-14(11-16)17-13-24-10-3-2-7-20(24)22-17/h2-13,23H,1H3. The minimum atomic E-state index is -4.04. The van der Waals surface area contributed by atoms with Gasteiger partial charge in [-0.05, 0) is 42.5 Å². The van der Waals surface area contributed by atoms with Crippen LogP contribution in [0.15, 0.2) is 78.0 Å². The van der Waals surface area contributed by atoms with E-state index in [0.717, 1.165) is 23.3 Å². The molecule has 0 aliphatic carbocycles. The van der Waals surface area contributed by atoms with Crippen LogP contribution in [-0.2, 0) is 10.0 Å². The predicted molar refractivity (Wildman–Crippen MR) is 104 cm³/mol. The number of imidazole rings is 1. The molecule has 2 heterocycles. The predicted octanol–water partition coefficient (Wildman–Crippen LogP) is 3.95. The number of sulfonamides is 1. The summed E-state index contributed by atoms with van der Waals surface area (Å²) in [4.78, 5) is 4.26. The second-order valence-electron chi connectivity index (χ2n) is 6.07. The normalized spacial score (nSPS) is 11.5. The quantitative estimate of drug-likeness (QED) is 0.553. The Labute approximate surface area is 161 Å². The van der Waals surface area contributed by atoms with Crippen LogP contribution >= 0.6 is 0 Å². The first-order valence-electron chi connectivity index (χ1n) is 8.37. The van der Waals surface area contributed by atoms with Gasteiger partial charge in [0.15, 0.2) is 0 Å². The molecule has 1 N–H and O–H groups in total. The molecular formula is C20H16FN3O3S. The van der Waals surface area contributed by atoms with Gasteiger partial charge in [0, 0.05) is 23.6 Å². The summed E-state index contributed by atoms with van der Waals surface area (Å²) in [7, 11) is -2.71. The third-order valence-electron chi connectivity index (χ3n) is 4.19. The Kier molecular flexibility index (Phi) is 4.48. The van der Waals surface area contributed by atoms with Crippen LogP contribution in [-0.4, -0.2) is 24.9 Å². The third kappa shape index (κ3) is 3.41. The van der Waals surface area contributed by atoms with Crippen molar-refractivity contribution in [2.75, 3.05) is 11.8 Å². The highest BCUT2D eigenvalue weighted by atomic mass is 32.2. The molecule has 0 saturated heterocycles. The number of pyridine rings is 1. The summed E-state index contributed by atoms with van der Waals surface area (Å²) < 4.78 is 48.5. The molecule has 28 heavy (non-hydrogen) atoms. The van der Waals surface area contributed by atoms with Crippen LogP contribution < -0.4 is 9.46 Å². The summed E-state index contributed by atoms with van der Waals surface area (Å²) in [5.41, 5.74) is 2.57. The number of methoxy groups -OCH3 is 1. The zero-order valence-corrected chi connectivity index (χ0v) is 15.7. The number of aromatic nitrogens is 2. The zero-order chi connectivity index (χ0) is 19.7. The number of nitrogens with zero attached hydrogens (tertiary/aromatic N) is 2. The SMILES string of the molecule is COc1ccc(F)cc1S(=O)(=O)Nc1cccc(-c2cn3ccccc3n2)c1. The highest BCUT2D eigenvalue weighted by Crippen LogP contribution is 2.28. The van der Waals surface area contributed by atoms with Crippen molar-refractivity contribution in [3.8, 4) is 17.0 Å². The molecule has 0 atom stereocenters. The lowest BCUT2D eigenvalue weighted by Gasteiger charge is -2.12. The van der Waals surface area contributed by atoms with Gasteiger partial charge in [-0.15, -0.1) is 0 Å². The fourth-order valence-electron chi connectivity index (χ4n) is 2.89. The summed E-state index contributed by atoms with van der Waals surface area (Å²) in [6.45, 7) is 0. The van der Waals surface area contributed by atoms with Gasteiger partial charge in [0.05, 0.1) is 12.8 Å². The molecule has 4 rings (SSSR count). The maximum atomic E-state index is 13.6. The first-order valence-corrected chi connectivity index (χ1v) is 9.85. The Balaban J connectivity index is 1.69. The van der Waals surface area contributed by atoms with Gasteiger partial charge in [-0.2, -0.15) is 0 Å². The molecule has 0 radical (unpaired) electrons. The molecule has 0 bridgehead atoms. The largest absolute Gasteiger partial charge is 0.495 e. The van der Waals surface area contributed by atoms with Crippen molar-refractivity contribution in [3.63, 3.8) is 0 Å². The van der Waals surface area contributed by atoms with Crippen LogP contribution in [0.5, 0.6) is 5.75 Å². The van der Waals surface area contributed by atoms with E-state index < -0.39 is 15.8 Å². The van der Waals surface area contributed by atoms with Gasteiger partial charge in [0.1, 0.15) is 22.1 Å². The maximum absolute atomic E-state index is 13.6. The van der Waals surface area contributed by atoms with Crippen molar-refractivity contribution in [2.45, 2.75) is 4.90 Å². The second-order valence-corrected chi connectivity index (χ2v) is 7.72. The monoisotopic (exact) mass is 397 g/mol. The number of nitrogens with one attached hydrogen (secondary N) is 1. The topological polar surface area (TPSA) is 72.7 Å². The third-order valence-corrected chi connectivity index (χ3v) is 5.59. The van der Waals surface area contributed by atoms with Gasteiger partial charge in [0.2, 0.25) is 0 Å². The highest BCUT2D eigenvalue weighted by Gasteiger charge is 2.21. The number of anilines is 1. The average molecular weight is 397 g/mol. The lowest BCUT2D eigenvalue weighted by atomic mass is 10.1. The summed E-state index contributed by atoms with van der Waals surface area (Å²) in [6, 6.07) is 15.9. The Morgan fingerprint density at radius 2 is 1.93 bits per heavy atom. The molecule has 4 aromatic rings. The van der Waals surface area contributed by atoms with E-state index in [0.29, 0.717) is 11.4 Å². The van der Waals surface area contributed by atoms with Gasteiger partial charge >= 0.3 is 0 Å². The van der Waals surface area contributed by atoms with Crippen LogP contribution in [0.3, 0.4) is 0 Å². The minimum absolute atomic E-state index is 0.0606. The Morgan fingerprint density at radius 1 is 1.07 bits per heavy atom. The van der Waals surface area contributed by atoms with Gasteiger partial charge in [-0.1, -0.05) is 18.2 Å².